The van der Waals surface area contributed by atoms with Crippen molar-refractivity contribution >= 4 is 11.4 Å². The Morgan fingerprint density at radius 2 is 1.63 bits per heavy atom. The lowest BCUT2D eigenvalue weighted by molar-refractivity contribution is 0.585. The highest BCUT2D eigenvalue weighted by Crippen LogP contribution is 2.14. The third-order valence-electron chi connectivity index (χ3n) is 2.75. The second-order valence-electron chi connectivity index (χ2n) is 4.34. The topological polar surface area (TPSA) is 24.1 Å². The predicted molar refractivity (Wildman–Crippen MR) is 78.7 cm³/mol. The van der Waals surface area contributed by atoms with E-state index in [1.807, 2.05) is 31.2 Å². The van der Waals surface area contributed by atoms with Crippen LogP contribution in [-0.4, -0.2) is 13.1 Å². The van der Waals surface area contributed by atoms with E-state index < -0.39 is 11.6 Å². The van der Waals surface area contributed by atoms with Gasteiger partial charge in [0.05, 0.1) is 5.69 Å². The number of nitrogens with one attached hydrogen (secondary N) is 2. The van der Waals surface area contributed by atoms with Crippen molar-refractivity contribution < 1.29 is 11.6 Å². The maximum absolute atomic E-state index is 13.3. The quantitative estimate of drug-likeness (QED) is 0.789. The van der Waals surface area contributed by atoms with Crippen LogP contribution >= 0.6 is 0 Å². The molecule has 2 aromatic rings. The number of hydrogen-bond acceptors (Lipinski definition) is 2. The van der Waals surface area contributed by atoms with Gasteiger partial charge in [-0.15, -0.1) is 0 Å². The minimum Gasteiger partial charge on any atom is -0.383 e. The molecule has 4 heteroatoms. The molecule has 0 heterocycles. The molecule has 0 aromatic heterocycles. The minimum absolute atomic E-state index is 0. The van der Waals surface area contributed by atoms with E-state index in [0.29, 0.717) is 18.8 Å². The Labute approximate surface area is 114 Å². The van der Waals surface area contributed by atoms with Gasteiger partial charge in [-0.2, -0.15) is 0 Å². The zero-order valence-corrected chi connectivity index (χ0v) is 10.7. The van der Waals surface area contributed by atoms with Gasteiger partial charge in [-0.05, 0) is 31.2 Å². The Morgan fingerprint density at radius 3 is 2.32 bits per heavy atom. The van der Waals surface area contributed by atoms with Gasteiger partial charge in [0.25, 0.3) is 0 Å². The number of hydrogen-bond donors (Lipinski definition) is 2. The first-order valence-corrected chi connectivity index (χ1v) is 6.14. The summed E-state index contributed by atoms with van der Waals surface area (Å²) in [4.78, 5) is 0. The average Bonchev–Trinajstić information content (AvgIpc) is 2.39. The van der Waals surface area contributed by atoms with E-state index in [-0.39, 0.29) is 2.85 Å². The average molecular weight is 266 g/mol. The van der Waals surface area contributed by atoms with Crippen LogP contribution in [-0.2, 0) is 0 Å². The van der Waals surface area contributed by atoms with Crippen LogP contribution in [0.3, 0.4) is 0 Å². The van der Waals surface area contributed by atoms with Crippen molar-refractivity contribution in [3.05, 3.63) is 59.7 Å². The molecule has 0 saturated carbocycles. The summed E-state index contributed by atoms with van der Waals surface area (Å²) in [6.45, 7) is 3.24. The highest BCUT2D eigenvalue weighted by Gasteiger charge is 2.02. The van der Waals surface area contributed by atoms with Crippen molar-refractivity contribution in [3.63, 3.8) is 0 Å². The molecule has 0 radical (unpaired) electrons. The fourth-order valence-electron chi connectivity index (χ4n) is 1.71. The van der Waals surface area contributed by atoms with Crippen molar-refractivity contribution in [2.45, 2.75) is 6.92 Å². The van der Waals surface area contributed by atoms with Gasteiger partial charge in [-0.3, -0.25) is 0 Å². The summed E-state index contributed by atoms with van der Waals surface area (Å²) in [6.07, 6.45) is 0. The van der Waals surface area contributed by atoms with Crippen LogP contribution in [0.4, 0.5) is 20.2 Å². The molecule has 2 N–H and O–H groups in total. The van der Waals surface area contributed by atoms with Gasteiger partial charge < -0.3 is 10.6 Å². The fourth-order valence-corrected chi connectivity index (χ4v) is 1.71. The highest BCUT2D eigenvalue weighted by molar-refractivity contribution is 5.46. The first kappa shape index (κ1) is 13.3. The van der Waals surface area contributed by atoms with Crippen LogP contribution < -0.4 is 10.6 Å². The van der Waals surface area contributed by atoms with Gasteiger partial charge in [0.2, 0.25) is 0 Å². The molecule has 104 valence electrons. The molecule has 0 bridgehead atoms. The zero-order chi connectivity index (χ0) is 13.7. The van der Waals surface area contributed by atoms with Crippen molar-refractivity contribution in [2.75, 3.05) is 23.7 Å². The second-order valence-corrected chi connectivity index (χ2v) is 4.34. The maximum Gasteiger partial charge on any atom is 0.149 e. The summed E-state index contributed by atoms with van der Waals surface area (Å²) in [6, 6.07) is 11.5. The Hall–Kier alpha value is -2.10. The molecule has 0 aliphatic heterocycles. The number of aryl methyl sites for hydroxylation is 1. The lowest BCUT2D eigenvalue weighted by Crippen LogP contribution is -2.14. The summed E-state index contributed by atoms with van der Waals surface area (Å²) in [5.41, 5.74) is 2.54. The summed E-state index contributed by atoms with van der Waals surface area (Å²) < 4.78 is 26.0. The first-order valence-electron chi connectivity index (χ1n) is 6.14. The molecule has 19 heavy (non-hydrogen) atoms. The molecule has 2 nitrogen and oxygen atoms in total. The highest BCUT2D eigenvalue weighted by atomic mass is 19.1. The monoisotopic (exact) mass is 266 g/mol. The van der Waals surface area contributed by atoms with Gasteiger partial charge in [-0.25, -0.2) is 8.78 Å². The van der Waals surface area contributed by atoms with E-state index in [0.717, 1.165) is 11.8 Å². The molecule has 0 saturated heterocycles. The summed E-state index contributed by atoms with van der Waals surface area (Å²) >= 11 is 0. The summed E-state index contributed by atoms with van der Waals surface area (Å²) in [7, 11) is 0. The Morgan fingerprint density at radius 1 is 0.947 bits per heavy atom. The van der Waals surface area contributed by atoms with E-state index in [4.69, 9.17) is 0 Å². The third kappa shape index (κ3) is 3.95. The van der Waals surface area contributed by atoms with Crippen LogP contribution in [0.15, 0.2) is 42.5 Å². The fraction of sp³-hybridized carbons (Fsp3) is 0.200. The van der Waals surface area contributed by atoms with Gasteiger partial charge in [-0.1, -0.05) is 17.7 Å². The standard InChI is InChI=1S/C15H16F2N2.2H2/c1-11-2-5-13(6-3-11)18-8-9-19-15-7-4-12(16)10-14(15)17;;/h2-7,10,18-19H,8-9H2,1H3;2*1H. The third-order valence-corrected chi connectivity index (χ3v) is 2.75. The van der Waals surface area contributed by atoms with Crippen LogP contribution in [0, 0.1) is 18.6 Å². The Kier molecular flexibility index (Phi) is 4.34. The summed E-state index contributed by atoms with van der Waals surface area (Å²) in [5, 5.41) is 6.13. The second kappa shape index (κ2) is 6.18. The van der Waals surface area contributed by atoms with Crippen molar-refractivity contribution in [2.24, 2.45) is 0 Å². The molecular formula is C15H20F2N2. The van der Waals surface area contributed by atoms with E-state index in [9.17, 15) is 8.78 Å². The summed E-state index contributed by atoms with van der Waals surface area (Å²) in [5.74, 6) is -1.14. The zero-order valence-electron chi connectivity index (χ0n) is 10.7. The van der Waals surface area contributed by atoms with Crippen LogP contribution in [0.5, 0.6) is 0 Å². The molecule has 0 amide bonds. The van der Waals surface area contributed by atoms with Gasteiger partial charge >= 0.3 is 0 Å². The molecule has 0 spiro atoms. The Balaban J connectivity index is 0.00000200. The first-order chi connectivity index (χ1) is 9.15. The molecule has 0 atom stereocenters. The lowest BCUT2D eigenvalue weighted by atomic mass is 10.2. The van der Waals surface area contributed by atoms with Crippen LogP contribution in [0.25, 0.3) is 0 Å². The number of benzene rings is 2. The molecule has 0 fully saturated rings. The normalized spacial score (nSPS) is 10.3. The predicted octanol–water partition coefficient (Wildman–Crippen LogP) is 4.29. The van der Waals surface area contributed by atoms with Crippen LogP contribution in [0.1, 0.15) is 8.42 Å². The SMILES string of the molecule is Cc1ccc(NCCNc2ccc(F)cc2F)cc1.[HH].[HH]. The van der Waals surface area contributed by atoms with Gasteiger partial charge in [0.1, 0.15) is 11.6 Å². The van der Waals surface area contributed by atoms with E-state index in [2.05, 4.69) is 10.6 Å². The van der Waals surface area contributed by atoms with Crippen molar-refractivity contribution in [1.29, 1.82) is 0 Å². The largest absolute Gasteiger partial charge is 0.383 e. The molecule has 0 aliphatic carbocycles. The van der Waals surface area contributed by atoms with E-state index in [1.165, 1.54) is 17.7 Å². The molecule has 2 aromatic carbocycles. The maximum atomic E-state index is 13.3. The van der Waals surface area contributed by atoms with Crippen molar-refractivity contribution in [3.8, 4) is 0 Å². The van der Waals surface area contributed by atoms with Gasteiger partial charge in [0.15, 0.2) is 0 Å². The number of rotatable bonds is 5. The molecule has 0 unspecified atom stereocenters. The van der Waals surface area contributed by atoms with E-state index >= 15 is 0 Å². The molecule has 2 rings (SSSR count). The van der Waals surface area contributed by atoms with Crippen LogP contribution in [0.2, 0.25) is 0 Å². The lowest BCUT2D eigenvalue weighted by Gasteiger charge is -2.09. The minimum atomic E-state index is -0.574. The smallest absolute Gasteiger partial charge is 0.149 e. The van der Waals surface area contributed by atoms with Crippen molar-refractivity contribution in [1.82, 2.24) is 0 Å². The Bertz CT molecular complexity index is 548. The van der Waals surface area contributed by atoms with E-state index in [1.54, 1.807) is 0 Å². The number of halogens is 2. The molecule has 0 aliphatic rings. The molecular weight excluding hydrogens is 246 g/mol. The van der Waals surface area contributed by atoms with Gasteiger partial charge in [0, 0.05) is 27.7 Å². The number of anilines is 2.